The van der Waals surface area contributed by atoms with Gasteiger partial charge in [0, 0.05) is 42.9 Å². The van der Waals surface area contributed by atoms with E-state index in [1.165, 1.54) is 12.4 Å². The van der Waals surface area contributed by atoms with Gasteiger partial charge in [0.1, 0.15) is 11.1 Å². The number of ketones is 1. The molecule has 1 fully saturated rings. The molecule has 2 unspecified atom stereocenters. The molecule has 4 rings (SSSR count). The lowest BCUT2D eigenvalue weighted by Crippen LogP contribution is -2.55. The summed E-state index contributed by atoms with van der Waals surface area (Å²) in [6.07, 6.45) is 4.10. The Balaban J connectivity index is 1.53. The van der Waals surface area contributed by atoms with E-state index >= 15 is 0 Å². The summed E-state index contributed by atoms with van der Waals surface area (Å²) >= 11 is 18.4. The molecule has 1 aromatic carbocycles. The molecule has 2 atom stereocenters. The normalized spacial score (nSPS) is 18.4. The third-order valence-corrected chi connectivity index (χ3v) is 7.70. The van der Waals surface area contributed by atoms with E-state index in [4.69, 9.17) is 39.5 Å². The standard InChI is InChI=1S/C25H24Cl3N3O5/c1-2-15(20(24(34)35)31-21-19(28)22(32)25(21)7-9-36-10-8-25)13-3-5-14(6-4-13)30-23(33)18-16(26)11-29-12-17(18)27/h3-6,11-12,15,20,31H,2,7-10H2,1H3,(H,30,33)(H,34,35). The molecule has 1 aliphatic carbocycles. The minimum Gasteiger partial charge on any atom is -0.480 e. The first kappa shape index (κ1) is 26.4. The molecule has 2 aromatic rings. The van der Waals surface area contributed by atoms with E-state index in [1.807, 2.05) is 6.92 Å². The van der Waals surface area contributed by atoms with E-state index in [9.17, 15) is 19.5 Å². The number of aromatic nitrogens is 1. The fraction of sp³-hybridized carbons (Fsp3) is 0.360. The molecule has 0 radical (unpaired) electrons. The van der Waals surface area contributed by atoms with Crippen LogP contribution in [0.25, 0.3) is 0 Å². The highest BCUT2D eigenvalue weighted by atomic mass is 35.5. The predicted molar refractivity (Wildman–Crippen MR) is 137 cm³/mol. The van der Waals surface area contributed by atoms with Crippen LogP contribution in [0, 0.1) is 5.41 Å². The predicted octanol–water partition coefficient (Wildman–Crippen LogP) is 5.01. The lowest BCUT2D eigenvalue weighted by molar-refractivity contribution is -0.141. The van der Waals surface area contributed by atoms with Crippen molar-refractivity contribution in [3.8, 4) is 0 Å². The number of carboxylic acid groups (broad SMARTS) is 1. The van der Waals surface area contributed by atoms with Gasteiger partial charge in [-0.2, -0.15) is 0 Å². The number of ether oxygens (including phenoxy) is 1. The van der Waals surface area contributed by atoms with Crippen LogP contribution in [0.2, 0.25) is 10.0 Å². The summed E-state index contributed by atoms with van der Waals surface area (Å²) in [5.41, 5.74) is 1.03. The summed E-state index contributed by atoms with van der Waals surface area (Å²) in [4.78, 5) is 41.4. The molecule has 2 heterocycles. The van der Waals surface area contributed by atoms with Crippen molar-refractivity contribution in [2.24, 2.45) is 5.41 Å². The largest absolute Gasteiger partial charge is 0.480 e. The number of carbonyl (C=O) groups is 3. The number of carbonyl (C=O) groups excluding carboxylic acids is 2. The minimum absolute atomic E-state index is 0.0597. The number of nitrogens with zero attached hydrogens (tertiary/aromatic N) is 1. The molecule has 190 valence electrons. The van der Waals surface area contributed by atoms with Crippen LogP contribution in [0.15, 0.2) is 47.4 Å². The molecule has 36 heavy (non-hydrogen) atoms. The molecule has 1 saturated heterocycles. The molecule has 1 aromatic heterocycles. The molecular weight excluding hydrogens is 529 g/mol. The molecule has 0 bridgehead atoms. The molecule has 3 N–H and O–H groups in total. The van der Waals surface area contributed by atoms with Crippen molar-refractivity contribution in [3.63, 3.8) is 0 Å². The van der Waals surface area contributed by atoms with Gasteiger partial charge in [-0.25, -0.2) is 4.79 Å². The maximum absolute atomic E-state index is 12.6. The monoisotopic (exact) mass is 551 g/mol. The number of carboxylic acids is 1. The van der Waals surface area contributed by atoms with Gasteiger partial charge in [0.05, 0.1) is 21.0 Å². The number of nitrogens with one attached hydrogen (secondary N) is 2. The molecule has 11 heteroatoms. The van der Waals surface area contributed by atoms with Gasteiger partial charge in [-0.05, 0) is 37.0 Å². The molecular formula is C25H24Cl3N3O5. The molecule has 1 spiro atoms. The van der Waals surface area contributed by atoms with Gasteiger partial charge in [0.2, 0.25) is 0 Å². The Morgan fingerprint density at radius 3 is 2.28 bits per heavy atom. The minimum atomic E-state index is -1.06. The SMILES string of the molecule is CCC(c1ccc(NC(=O)c2c(Cl)cncc2Cl)cc1)C(NC1=C(Cl)C(=O)C12CCOCC2)C(=O)O. The van der Waals surface area contributed by atoms with E-state index in [2.05, 4.69) is 15.6 Å². The summed E-state index contributed by atoms with van der Waals surface area (Å²) < 4.78 is 5.39. The first-order valence-corrected chi connectivity index (χ1v) is 12.6. The van der Waals surface area contributed by atoms with Crippen LogP contribution >= 0.6 is 34.8 Å². The number of hydrogen-bond donors (Lipinski definition) is 3. The average molecular weight is 553 g/mol. The van der Waals surface area contributed by atoms with Crippen LogP contribution in [0.5, 0.6) is 0 Å². The molecule has 2 aliphatic rings. The topological polar surface area (TPSA) is 118 Å². The van der Waals surface area contributed by atoms with Gasteiger partial charge in [0.15, 0.2) is 5.78 Å². The van der Waals surface area contributed by atoms with Crippen molar-refractivity contribution < 1.29 is 24.2 Å². The second-order valence-corrected chi connectivity index (χ2v) is 9.93. The smallest absolute Gasteiger partial charge is 0.326 e. The number of aliphatic carboxylic acids is 1. The van der Waals surface area contributed by atoms with Crippen molar-refractivity contribution in [1.82, 2.24) is 10.3 Å². The second kappa shape index (κ2) is 10.8. The Morgan fingerprint density at radius 1 is 1.11 bits per heavy atom. The van der Waals surface area contributed by atoms with E-state index in [0.717, 1.165) is 5.56 Å². The first-order chi connectivity index (χ1) is 17.2. The highest BCUT2D eigenvalue weighted by Crippen LogP contribution is 2.50. The van der Waals surface area contributed by atoms with Crippen molar-refractivity contribution in [2.75, 3.05) is 18.5 Å². The lowest BCUT2D eigenvalue weighted by Gasteiger charge is -2.46. The van der Waals surface area contributed by atoms with Crippen molar-refractivity contribution in [3.05, 3.63) is 68.6 Å². The highest BCUT2D eigenvalue weighted by molar-refractivity contribution is 6.47. The van der Waals surface area contributed by atoms with E-state index in [0.29, 0.717) is 43.9 Å². The summed E-state index contributed by atoms with van der Waals surface area (Å²) in [5.74, 6) is -2.14. The van der Waals surface area contributed by atoms with Crippen molar-refractivity contribution in [2.45, 2.75) is 38.1 Å². The Labute approximate surface area is 223 Å². The van der Waals surface area contributed by atoms with Gasteiger partial charge >= 0.3 is 5.97 Å². The fourth-order valence-electron chi connectivity index (χ4n) is 4.77. The number of Topliss-reactive ketones (excluding diaryl/α,β-unsaturated/α-hetero) is 1. The van der Waals surface area contributed by atoms with Gasteiger partial charge in [-0.1, -0.05) is 53.9 Å². The Morgan fingerprint density at radius 2 is 1.72 bits per heavy atom. The van der Waals surface area contributed by atoms with Crippen LogP contribution in [-0.2, 0) is 14.3 Å². The molecule has 0 saturated carbocycles. The number of halogens is 3. The quantitative estimate of drug-likeness (QED) is 0.421. The number of benzene rings is 1. The lowest BCUT2D eigenvalue weighted by atomic mass is 9.65. The molecule has 1 aliphatic heterocycles. The van der Waals surface area contributed by atoms with E-state index < -0.39 is 29.3 Å². The average Bonchev–Trinajstić information content (AvgIpc) is 2.87. The summed E-state index contributed by atoms with van der Waals surface area (Å²) in [6.45, 7) is 2.72. The van der Waals surface area contributed by atoms with E-state index in [-0.39, 0.29) is 26.4 Å². The van der Waals surface area contributed by atoms with Gasteiger partial charge < -0.3 is 20.5 Å². The number of amides is 1. The Hall–Kier alpha value is -2.65. The number of pyridine rings is 1. The second-order valence-electron chi connectivity index (χ2n) is 8.74. The zero-order valence-corrected chi connectivity index (χ0v) is 21.6. The summed E-state index contributed by atoms with van der Waals surface area (Å²) in [5, 5.41) is 16.2. The van der Waals surface area contributed by atoms with Gasteiger partial charge in [0.25, 0.3) is 5.91 Å². The number of rotatable bonds is 8. The van der Waals surface area contributed by atoms with Crippen LogP contribution in [0.1, 0.15) is 48.0 Å². The van der Waals surface area contributed by atoms with Crippen LogP contribution in [0.4, 0.5) is 5.69 Å². The Bertz CT molecular complexity index is 1210. The zero-order valence-electron chi connectivity index (χ0n) is 19.3. The van der Waals surface area contributed by atoms with Crippen molar-refractivity contribution in [1.29, 1.82) is 0 Å². The van der Waals surface area contributed by atoms with Crippen LogP contribution < -0.4 is 10.6 Å². The van der Waals surface area contributed by atoms with Gasteiger partial charge in [-0.3, -0.25) is 14.6 Å². The third kappa shape index (κ3) is 4.83. The highest BCUT2D eigenvalue weighted by Gasteiger charge is 2.55. The van der Waals surface area contributed by atoms with Gasteiger partial charge in [-0.15, -0.1) is 0 Å². The number of allylic oxidation sites excluding steroid dienone is 2. The molecule has 1 amide bonds. The third-order valence-electron chi connectivity index (χ3n) is 6.76. The summed E-state index contributed by atoms with van der Waals surface area (Å²) in [7, 11) is 0. The zero-order chi connectivity index (χ0) is 26.0. The molecule has 8 nitrogen and oxygen atoms in total. The van der Waals surface area contributed by atoms with Crippen molar-refractivity contribution >= 4 is 58.1 Å². The fourth-order valence-corrected chi connectivity index (χ4v) is 5.73. The first-order valence-electron chi connectivity index (χ1n) is 11.4. The van der Waals surface area contributed by atoms with E-state index in [1.54, 1.807) is 24.3 Å². The Kier molecular flexibility index (Phi) is 7.90. The summed E-state index contributed by atoms with van der Waals surface area (Å²) in [6, 6.07) is 5.85. The number of hydrogen-bond acceptors (Lipinski definition) is 6. The number of anilines is 1. The maximum atomic E-state index is 12.6. The van der Waals surface area contributed by atoms with Crippen LogP contribution in [-0.4, -0.2) is 47.0 Å². The van der Waals surface area contributed by atoms with Crippen LogP contribution in [0.3, 0.4) is 0 Å². The maximum Gasteiger partial charge on any atom is 0.326 e.